The van der Waals surface area contributed by atoms with Crippen molar-refractivity contribution in [2.24, 2.45) is 0 Å². The molecular formula is C19H24N2O5S. The Kier molecular flexibility index (Phi) is 7.75. The van der Waals surface area contributed by atoms with Gasteiger partial charge in [0.15, 0.2) is 6.61 Å². The van der Waals surface area contributed by atoms with Crippen molar-refractivity contribution in [2.45, 2.75) is 13.3 Å². The first-order chi connectivity index (χ1) is 12.9. The van der Waals surface area contributed by atoms with E-state index in [1.165, 1.54) is 20.7 Å². The first-order valence-electron chi connectivity index (χ1n) is 8.76. The van der Waals surface area contributed by atoms with Crippen LogP contribution in [0.4, 0.5) is 0 Å². The summed E-state index contributed by atoms with van der Waals surface area (Å²) in [7, 11) is -3.55. The van der Waals surface area contributed by atoms with Crippen LogP contribution < -0.4 is 0 Å². The summed E-state index contributed by atoms with van der Waals surface area (Å²) in [6.45, 7) is 2.48. The third kappa shape index (κ3) is 6.65. The maximum absolute atomic E-state index is 12.4. The second-order valence-electron chi connectivity index (χ2n) is 5.96. The summed E-state index contributed by atoms with van der Waals surface area (Å²) in [6, 6.07) is 9.17. The quantitative estimate of drug-likeness (QED) is 0.520. The minimum Gasteiger partial charge on any atom is -0.452 e. The zero-order chi connectivity index (χ0) is 19.7. The normalized spacial score (nSPS) is 16.1. The Hall–Kier alpha value is -2.45. The van der Waals surface area contributed by atoms with E-state index in [4.69, 9.17) is 4.74 Å². The fourth-order valence-corrected chi connectivity index (χ4v) is 3.67. The first-order valence-corrected chi connectivity index (χ1v) is 10.3. The van der Waals surface area contributed by atoms with Gasteiger partial charge in [-0.3, -0.25) is 4.79 Å². The number of hydrogen-bond acceptors (Lipinski definition) is 5. The SMILES string of the molecule is CC/C=C/C(=O)OCC(=O)N1CCN(S(=O)(=O)/C=C/c2ccccc2)CC1. The molecule has 0 aromatic heterocycles. The number of nitrogens with zero attached hydrogens (tertiary/aromatic N) is 2. The number of amides is 1. The Morgan fingerprint density at radius 1 is 1.11 bits per heavy atom. The first kappa shape index (κ1) is 20.9. The summed E-state index contributed by atoms with van der Waals surface area (Å²) in [5.41, 5.74) is 0.800. The van der Waals surface area contributed by atoms with Crippen molar-refractivity contribution in [1.29, 1.82) is 0 Å². The van der Waals surface area contributed by atoms with E-state index in [0.717, 1.165) is 5.56 Å². The van der Waals surface area contributed by atoms with Crippen LogP contribution in [0.2, 0.25) is 0 Å². The molecule has 2 rings (SSSR count). The number of ether oxygens (including phenoxy) is 1. The van der Waals surface area contributed by atoms with Crippen molar-refractivity contribution < 1.29 is 22.7 Å². The summed E-state index contributed by atoms with van der Waals surface area (Å²) < 4.78 is 31.0. The van der Waals surface area contributed by atoms with Gasteiger partial charge in [0.25, 0.3) is 5.91 Å². The van der Waals surface area contributed by atoms with E-state index in [2.05, 4.69) is 0 Å². The number of rotatable bonds is 7. The molecule has 0 radical (unpaired) electrons. The Bertz CT molecular complexity index is 795. The lowest BCUT2D eigenvalue weighted by Gasteiger charge is -2.33. The topological polar surface area (TPSA) is 84.0 Å². The van der Waals surface area contributed by atoms with Gasteiger partial charge in [0.2, 0.25) is 10.0 Å². The van der Waals surface area contributed by atoms with Crippen LogP contribution in [-0.4, -0.2) is 62.3 Å². The Morgan fingerprint density at radius 2 is 1.78 bits per heavy atom. The molecule has 1 saturated heterocycles. The number of hydrogen-bond donors (Lipinski definition) is 0. The number of piperazine rings is 1. The van der Waals surface area contributed by atoms with Crippen LogP contribution in [0.5, 0.6) is 0 Å². The number of allylic oxidation sites excluding steroid dienone is 1. The lowest BCUT2D eigenvalue weighted by atomic mass is 10.2. The molecular weight excluding hydrogens is 368 g/mol. The molecule has 0 atom stereocenters. The molecule has 1 amide bonds. The summed E-state index contributed by atoms with van der Waals surface area (Å²) >= 11 is 0. The predicted molar refractivity (Wildman–Crippen MR) is 103 cm³/mol. The van der Waals surface area contributed by atoms with Gasteiger partial charge in [-0.15, -0.1) is 0 Å². The van der Waals surface area contributed by atoms with Crippen LogP contribution >= 0.6 is 0 Å². The highest BCUT2D eigenvalue weighted by atomic mass is 32.2. The Morgan fingerprint density at radius 3 is 2.41 bits per heavy atom. The largest absolute Gasteiger partial charge is 0.452 e. The minimum absolute atomic E-state index is 0.205. The number of sulfonamides is 1. The molecule has 146 valence electrons. The molecule has 8 heteroatoms. The standard InChI is InChI=1S/C19H24N2O5S/c1-2-3-9-19(23)26-16-18(22)20-11-13-21(14-12-20)27(24,25)15-10-17-7-5-4-6-8-17/h3-10,15H,2,11-14,16H2,1H3/b9-3+,15-10+. The summed E-state index contributed by atoms with van der Waals surface area (Å²) in [5.74, 6) is -0.886. The van der Waals surface area contributed by atoms with Crippen molar-refractivity contribution in [2.75, 3.05) is 32.8 Å². The summed E-state index contributed by atoms with van der Waals surface area (Å²) in [5, 5.41) is 1.18. The number of carbonyl (C=O) groups is 2. The molecule has 0 saturated carbocycles. The zero-order valence-corrected chi connectivity index (χ0v) is 16.1. The van der Waals surface area contributed by atoms with E-state index in [1.807, 2.05) is 37.3 Å². The molecule has 1 aliphatic rings. The molecule has 0 unspecified atom stereocenters. The van der Waals surface area contributed by atoms with Crippen molar-refractivity contribution in [3.63, 3.8) is 0 Å². The average Bonchev–Trinajstić information content (AvgIpc) is 2.70. The van der Waals surface area contributed by atoms with Crippen LogP contribution in [0.15, 0.2) is 47.9 Å². The second kappa shape index (κ2) is 10.0. The van der Waals surface area contributed by atoms with Gasteiger partial charge in [0.1, 0.15) is 0 Å². The van der Waals surface area contributed by atoms with Gasteiger partial charge in [0.05, 0.1) is 0 Å². The molecule has 1 aromatic carbocycles. The fourth-order valence-electron chi connectivity index (χ4n) is 2.49. The van der Waals surface area contributed by atoms with Gasteiger partial charge in [-0.1, -0.05) is 43.3 Å². The van der Waals surface area contributed by atoms with Gasteiger partial charge >= 0.3 is 5.97 Å². The van der Waals surface area contributed by atoms with E-state index < -0.39 is 16.0 Å². The third-order valence-corrected chi connectivity index (χ3v) is 5.58. The highest BCUT2D eigenvalue weighted by Crippen LogP contribution is 2.12. The van der Waals surface area contributed by atoms with Crippen molar-refractivity contribution in [1.82, 2.24) is 9.21 Å². The zero-order valence-electron chi connectivity index (χ0n) is 15.3. The highest BCUT2D eigenvalue weighted by molar-refractivity contribution is 7.92. The number of esters is 1. The molecule has 27 heavy (non-hydrogen) atoms. The fraction of sp³-hybridized carbons (Fsp3) is 0.368. The van der Waals surface area contributed by atoms with Crippen LogP contribution in [-0.2, 0) is 24.3 Å². The number of benzene rings is 1. The van der Waals surface area contributed by atoms with E-state index in [-0.39, 0.29) is 38.7 Å². The van der Waals surface area contributed by atoms with Crippen LogP contribution in [0.3, 0.4) is 0 Å². The maximum atomic E-state index is 12.4. The highest BCUT2D eigenvalue weighted by Gasteiger charge is 2.27. The molecule has 1 aromatic rings. The summed E-state index contributed by atoms with van der Waals surface area (Å²) in [4.78, 5) is 25.0. The number of carbonyl (C=O) groups excluding carboxylic acids is 2. The molecule has 1 fully saturated rings. The third-order valence-electron chi connectivity index (χ3n) is 4.01. The molecule has 0 bridgehead atoms. The van der Waals surface area contributed by atoms with Gasteiger partial charge in [-0.2, -0.15) is 4.31 Å². The molecule has 0 N–H and O–H groups in total. The lowest BCUT2D eigenvalue weighted by molar-refractivity contribution is -0.148. The predicted octanol–water partition coefficient (Wildman–Crippen LogP) is 1.64. The Balaban J connectivity index is 1.83. The van der Waals surface area contributed by atoms with Crippen molar-refractivity contribution >= 4 is 28.0 Å². The Labute approximate surface area is 160 Å². The van der Waals surface area contributed by atoms with Crippen molar-refractivity contribution in [3.05, 3.63) is 53.5 Å². The maximum Gasteiger partial charge on any atom is 0.330 e. The van der Waals surface area contributed by atoms with E-state index in [1.54, 1.807) is 12.2 Å². The van der Waals surface area contributed by atoms with E-state index in [9.17, 15) is 18.0 Å². The van der Waals surface area contributed by atoms with Gasteiger partial charge < -0.3 is 9.64 Å². The lowest BCUT2D eigenvalue weighted by Crippen LogP contribution is -2.51. The van der Waals surface area contributed by atoms with Crippen LogP contribution in [0.25, 0.3) is 6.08 Å². The molecule has 7 nitrogen and oxygen atoms in total. The molecule has 1 aliphatic heterocycles. The van der Waals surface area contributed by atoms with Gasteiger partial charge in [-0.05, 0) is 18.1 Å². The smallest absolute Gasteiger partial charge is 0.330 e. The molecule has 0 aliphatic carbocycles. The molecule has 1 heterocycles. The van der Waals surface area contributed by atoms with Crippen LogP contribution in [0.1, 0.15) is 18.9 Å². The van der Waals surface area contributed by atoms with Crippen molar-refractivity contribution in [3.8, 4) is 0 Å². The monoisotopic (exact) mass is 392 g/mol. The van der Waals surface area contributed by atoms with Gasteiger partial charge in [-0.25, -0.2) is 13.2 Å². The van der Waals surface area contributed by atoms with E-state index in [0.29, 0.717) is 6.42 Å². The second-order valence-corrected chi connectivity index (χ2v) is 7.78. The minimum atomic E-state index is -3.55. The average molecular weight is 392 g/mol. The van der Waals surface area contributed by atoms with Crippen LogP contribution in [0, 0.1) is 0 Å². The molecule has 0 spiro atoms. The van der Waals surface area contributed by atoms with Gasteiger partial charge in [0, 0.05) is 37.7 Å². The summed E-state index contributed by atoms with van der Waals surface area (Å²) in [6.07, 6.45) is 5.20. The van der Waals surface area contributed by atoms with E-state index >= 15 is 0 Å².